The van der Waals surface area contributed by atoms with Gasteiger partial charge in [0.15, 0.2) is 0 Å². The van der Waals surface area contributed by atoms with E-state index in [4.69, 9.17) is 16.7 Å². The van der Waals surface area contributed by atoms with E-state index in [-0.39, 0.29) is 37.8 Å². The average molecular weight is 403 g/mol. The summed E-state index contributed by atoms with van der Waals surface area (Å²) in [4.78, 5) is 26.8. The van der Waals surface area contributed by atoms with Crippen molar-refractivity contribution in [1.82, 2.24) is 10.2 Å². The standard InChI is InChI=1S/C21H23ClN2O4/c22-17-7-5-15(6-8-17)11-23-21(28)19-10-18(26)12-24(19)20(27)9-14-1-3-16(13-25)4-2-14/h1-8,18-19,25-26H,9-13H2,(H,23,28). The second-order valence-corrected chi connectivity index (χ2v) is 7.38. The SMILES string of the molecule is O=C(NCc1ccc(Cl)cc1)C1CC(O)CN1C(=O)Cc1ccc(CO)cc1. The number of nitrogens with one attached hydrogen (secondary N) is 1. The van der Waals surface area contributed by atoms with Gasteiger partial charge in [0, 0.05) is 24.5 Å². The van der Waals surface area contributed by atoms with Crippen molar-refractivity contribution in [3.8, 4) is 0 Å². The molecule has 1 aliphatic rings. The minimum atomic E-state index is -0.716. The molecule has 3 N–H and O–H groups in total. The molecule has 2 amide bonds. The van der Waals surface area contributed by atoms with Gasteiger partial charge in [-0.15, -0.1) is 0 Å². The first-order valence-electron chi connectivity index (χ1n) is 9.14. The predicted octanol–water partition coefficient (Wildman–Crippen LogP) is 1.65. The van der Waals surface area contributed by atoms with Crippen LogP contribution in [0.4, 0.5) is 0 Å². The second-order valence-electron chi connectivity index (χ2n) is 6.95. The van der Waals surface area contributed by atoms with E-state index in [9.17, 15) is 14.7 Å². The van der Waals surface area contributed by atoms with Gasteiger partial charge in [-0.25, -0.2) is 0 Å². The highest BCUT2D eigenvalue weighted by Crippen LogP contribution is 2.20. The van der Waals surface area contributed by atoms with Crippen LogP contribution >= 0.6 is 11.6 Å². The van der Waals surface area contributed by atoms with Gasteiger partial charge in [-0.05, 0) is 28.8 Å². The summed E-state index contributed by atoms with van der Waals surface area (Å²) in [6.45, 7) is 0.419. The Balaban J connectivity index is 1.61. The number of β-amino-alcohol motifs (C(OH)–C–C–N with tert-alkyl or cyclic N) is 1. The third-order valence-electron chi connectivity index (χ3n) is 4.84. The molecule has 3 rings (SSSR count). The number of halogens is 1. The lowest BCUT2D eigenvalue weighted by Crippen LogP contribution is -2.46. The van der Waals surface area contributed by atoms with E-state index in [1.165, 1.54) is 4.90 Å². The molecule has 2 unspecified atom stereocenters. The van der Waals surface area contributed by atoms with E-state index in [1.54, 1.807) is 36.4 Å². The molecule has 148 valence electrons. The highest BCUT2D eigenvalue weighted by atomic mass is 35.5. The van der Waals surface area contributed by atoms with Crippen LogP contribution in [0.3, 0.4) is 0 Å². The molecule has 2 aromatic carbocycles. The van der Waals surface area contributed by atoms with Crippen LogP contribution in [-0.4, -0.2) is 45.6 Å². The highest BCUT2D eigenvalue weighted by Gasteiger charge is 2.38. The third kappa shape index (κ3) is 5.10. The van der Waals surface area contributed by atoms with Gasteiger partial charge in [-0.2, -0.15) is 0 Å². The van der Waals surface area contributed by atoms with Crippen molar-refractivity contribution in [1.29, 1.82) is 0 Å². The molecule has 0 spiro atoms. The van der Waals surface area contributed by atoms with E-state index < -0.39 is 12.1 Å². The molecule has 0 radical (unpaired) electrons. The summed E-state index contributed by atoms with van der Waals surface area (Å²) in [6, 6.07) is 13.6. The van der Waals surface area contributed by atoms with Crippen LogP contribution < -0.4 is 5.32 Å². The normalized spacial score (nSPS) is 18.9. The molecular weight excluding hydrogens is 380 g/mol. The van der Waals surface area contributed by atoms with Crippen LogP contribution in [0.2, 0.25) is 5.02 Å². The molecule has 2 atom stereocenters. The molecule has 0 bridgehead atoms. The molecule has 28 heavy (non-hydrogen) atoms. The third-order valence-corrected chi connectivity index (χ3v) is 5.09. The number of aliphatic hydroxyl groups excluding tert-OH is 2. The molecule has 0 saturated carbocycles. The molecule has 7 heteroatoms. The monoisotopic (exact) mass is 402 g/mol. The Morgan fingerprint density at radius 2 is 1.64 bits per heavy atom. The first-order chi connectivity index (χ1) is 13.5. The van der Waals surface area contributed by atoms with Gasteiger partial charge in [0.2, 0.25) is 11.8 Å². The second kappa shape index (κ2) is 9.19. The zero-order chi connectivity index (χ0) is 20.1. The van der Waals surface area contributed by atoms with E-state index >= 15 is 0 Å². The maximum atomic E-state index is 12.7. The van der Waals surface area contributed by atoms with Gasteiger partial charge in [0.1, 0.15) is 6.04 Å². The van der Waals surface area contributed by atoms with E-state index in [0.717, 1.165) is 16.7 Å². The highest BCUT2D eigenvalue weighted by molar-refractivity contribution is 6.30. The van der Waals surface area contributed by atoms with E-state index in [1.807, 2.05) is 12.1 Å². The maximum absolute atomic E-state index is 12.7. The lowest BCUT2D eigenvalue weighted by Gasteiger charge is -2.24. The maximum Gasteiger partial charge on any atom is 0.243 e. The van der Waals surface area contributed by atoms with Gasteiger partial charge in [-0.3, -0.25) is 9.59 Å². The van der Waals surface area contributed by atoms with Crippen molar-refractivity contribution in [3.05, 3.63) is 70.2 Å². The number of amides is 2. The Morgan fingerprint density at radius 3 is 2.29 bits per heavy atom. The number of nitrogens with zero attached hydrogens (tertiary/aromatic N) is 1. The quantitative estimate of drug-likeness (QED) is 0.685. The molecule has 1 fully saturated rings. The molecule has 2 aromatic rings. The fraction of sp³-hybridized carbons (Fsp3) is 0.333. The molecule has 6 nitrogen and oxygen atoms in total. The number of hydrogen-bond donors (Lipinski definition) is 3. The van der Waals surface area contributed by atoms with Crippen molar-refractivity contribution < 1.29 is 19.8 Å². The molecular formula is C21H23ClN2O4. The van der Waals surface area contributed by atoms with Gasteiger partial charge in [-0.1, -0.05) is 48.0 Å². The summed E-state index contributed by atoms with van der Waals surface area (Å²) < 4.78 is 0. The summed E-state index contributed by atoms with van der Waals surface area (Å²) >= 11 is 5.86. The Bertz CT molecular complexity index is 823. The number of hydrogen-bond acceptors (Lipinski definition) is 4. The number of carbonyl (C=O) groups excluding carboxylic acids is 2. The number of benzene rings is 2. The van der Waals surface area contributed by atoms with Crippen LogP contribution in [0.5, 0.6) is 0 Å². The summed E-state index contributed by atoms with van der Waals surface area (Å²) in [5, 5.41) is 22.6. The summed E-state index contributed by atoms with van der Waals surface area (Å²) in [7, 11) is 0. The molecule has 0 aromatic heterocycles. The van der Waals surface area contributed by atoms with Gasteiger partial charge in [0.25, 0.3) is 0 Å². The van der Waals surface area contributed by atoms with E-state index in [0.29, 0.717) is 11.6 Å². The number of aliphatic hydroxyl groups is 2. The van der Waals surface area contributed by atoms with Gasteiger partial charge in [0.05, 0.1) is 19.1 Å². The van der Waals surface area contributed by atoms with Crippen molar-refractivity contribution in [2.45, 2.75) is 38.1 Å². The lowest BCUT2D eigenvalue weighted by atomic mass is 10.1. The Hall–Kier alpha value is -2.41. The van der Waals surface area contributed by atoms with Crippen LogP contribution in [0, 0.1) is 0 Å². The first-order valence-corrected chi connectivity index (χ1v) is 9.52. The Labute approximate surface area is 168 Å². The minimum Gasteiger partial charge on any atom is -0.392 e. The Morgan fingerprint density at radius 1 is 1.04 bits per heavy atom. The van der Waals surface area contributed by atoms with Crippen LogP contribution in [0.1, 0.15) is 23.1 Å². The Kier molecular flexibility index (Phi) is 6.67. The van der Waals surface area contributed by atoms with Gasteiger partial charge >= 0.3 is 0 Å². The van der Waals surface area contributed by atoms with Crippen LogP contribution in [0.25, 0.3) is 0 Å². The van der Waals surface area contributed by atoms with E-state index in [2.05, 4.69) is 5.32 Å². The summed E-state index contributed by atoms with van der Waals surface area (Å²) in [6.07, 6.45) is -0.354. The topological polar surface area (TPSA) is 89.9 Å². The average Bonchev–Trinajstić information content (AvgIpc) is 3.10. The first kappa shape index (κ1) is 20.3. The van der Waals surface area contributed by atoms with Crippen LogP contribution in [0.15, 0.2) is 48.5 Å². The summed E-state index contributed by atoms with van der Waals surface area (Å²) in [5.41, 5.74) is 2.47. The minimum absolute atomic E-state index is 0.0532. The molecule has 1 heterocycles. The zero-order valence-electron chi connectivity index (χ0n) is 15.3. The molecule has 1 aliphatic heterocycles. The zero-order valence-corrected chi connectivity index (χ0v) is 16.1. The smallest absolute Gasteiger partial charge is 0.243 e. The number of carbonyl (C=O) groups is 2. The van der Waals surface area contributed by atoms with Gasteiger partial charge < -0.3 is 20.4 Å². The van der Waals surface area contributed by atoms with Crippen molar-refractivity contribution in [2.75, 3.05) is 6.54 Å². The van der Waals surface area contributed by atoms with Crippen molar-refractivity contribution in [3.63, 3.8) is 0 Å². The van der Waals surface area contributed by atoms with Crippen LogP contribution in [-0.2, 0) is 29.2 Å². The number of likely N-dealkylation sites (tertiary alicyclic amines) is 1. The number of rotatable bonds is 6. The predicted molar refractivity (Wildman–Crippen MR) is 105 cm³/mol. The largest absolute Gasteiger partial charge is 0.392 e. The fourth-order valence-corrected chi connectivity index (χ4v) is 3.41. The lowest BCUT2D eigenvalue weighted by molar-refractivity contribution is -0.138. The van der Waals surface area contributed by atoms with Crippen molar-refractivity contribution in [2.24, 2.45) is 0 Å². The fourth-order valence-electron chi connectivity index (χ4n) is 3.29. The molecule has 0 aliphatic carbocycles. The summed E-state index contributed by atoms with van der Waals surface area (Å²) in [5.74, 6) is -0.490. The van der Waals surface area contributed by atoms with Crippen molar-refractivity contribution >= 4 is 23.4 Å². The molecule has 1 saturated heterocycles.